The quantitative estimate of drug-likeness (QED) is 0.874. The van der Waals surface area contributed by atoms with E-state index in [1.165, 1.54) is 30.7 Å². The highest BCUT2D eigenvalue weighted by Crippen LogP contribution is 2.23. The van der Waals surface area contributed by atoms with Gasteiger partial charge in [-0.05, 0) is 25.1 Å². The molecule has 21 heavy (non-hydrogen) atoms. The number of sulfonamides is 1. The van der Waals surface area contributed by atoms with E-state index < -0.39 is 16.0 Å². The lowest BCUT2D eigenvalue weighted by atomic mass is 10.2. The number of halogens is 1. The van der Waals surface area contributed by atoms with E-state index in [0.29, 0.717) is 6.54 Å². The second-order valence-corrected chi connectivity index (χ2v) is 6.21. The number of hydrogen-bond donors (Lipinski definition) is 2. The van der Waals surface area contributed by atoms with E-state index >= 15 is 0 Å². The monoisotopic (exact) mass is 329 g/mol. The van der Waals surface area contributed by atoms with Gasteiger partial charge < -0.3 is 9.67 Å². The van der Waals surface area contributed by atoms with Gasteiger partial charge in [0.2, 0.25) is 0 Å². The lowest BCUT2D eigenvalue weighted by Gasteiger charge is -2.09. The average Bonchev–Trinajstić information content (AvgIpc) is 2.87. The van der Waals surface area contributed by atoms with Gasteiger partial charge in [-0.25, -0.2) is 9.78 Å². The standard InChI is InChI=1S/C12H12ClN3O4S/c1-2-16-6-11(14-7-16)21(19,20)15-10-5-8(13)3-4-9(10)12(17)18/h3-7,15H,2H2,1H3,(H,17,18). The summed E-state index contributed by atoms with van der Waals surface area (Å²) in [6.45, 7) is 2.41. The van der Waals surface area contributed by atoms with Crippen molar-refractivity contribution < 1.29 is 18.3 Å². The van der Waals surface area contributed by atoms with Gasteiger partial charge in [-0.2, -0.15) is 8.42 Å². The van der Waals surface area contributed by atoms with Crippen LogP contribution in [-0.2, 0) is 16.6 Å². The zero-order valence-electron chi connectivity index (χ0n) is 10.9. The smallest absolute Gasteiger partial charge is 0.337 e. The Labute approximate surface area is 126 Å². The van der Waals surface area contributed by atoms with Crippen LogP contribution >= 0.6 is 11.6 Å². The minimum Gasteiger partial charge on any atom is -0.478 e. The molecule has 0 atom stereocenters. The fourth-order valence-corrected chi connectivity index (χ4v) is 2.83. The van der Waals surface area contributed by atoms with Gasteiger partial charge in [0.15, 0.2) is 5.03 Å². The van der Waals surface area contributed by atoms with Gasteiger partial charge in [-0.1, -0.05) is 11.6 Å². The van der Waals surface area contributed by atoms with Crippen LogP contribution in [0.4, 0.5) is 5.69 Å². The van der Waals surface area contributed by atoms with Crippen molar-refractivity contribution in [1.29, 1.82) is 0 Å². The number of aromatic nitrogens is 2. The number of carboxylic acid groups (broad SMARTS) is 1. The van der Waals surface area contributed by atoms with Gasteiger partial charge in [-0.15, -0.1) is 0 Å². The third kappa shape index (κ3) is 3.34. The Morgan fingerprint density at radius 2 is 2.19 bits per heavy atom. The number of carbonyl (C=O) groups is 1. The first-order valence-electron chi connectivity index (χ1n) is 5.91. The molecule has 0 aliphatic carbocycles. The van der Waals surface area contributed by atoms with Crippen molar-refractivity contribution in [3.8, 4) is 0 Å². The van der Waals surface area contributed by atoms with Gasteiger partial charge in [0.1, 0.15) is 0 Å². The molecule has 0 bridgehead atoms. The van der Waals surface area contributed by atoms with Crippen LogP contribution in [0, 0.1) is 0 Å². The molecule has 0 fully saturated rings. The number of benzene rings is 1. The summed E-state index contributed by atoms with van der Waals surface area (Å²) in [5.41, 5.74) is -0.307. The number of imidazole rings is 1. The van der Waals surface area contributed by atoms with E-state index in [0.717, 1.165) is 0 Å². The van der Waals surface area contributed by atoms with Crippen molar-refractivity contribution in [2.45, 2.75) is 18.5 Å². The van der Waals surface area contributed by atoms with Crippen molar-refractivity contribution in [1.82, 2.24) is 9.55 Å². The van der Waals surface area contributed by atoms with Crippen molar-refractivity contribution in [3.63, 3.8) is 0 Å². The molecule has 0 spiro atoms. The van der Waals surface area contributed by atoms with Gasteiger partial charge in [0, 0.05) is 17.8 Å². The molecular weight excluding hydrogens is 318 g/mol. The number of nitrogens with one attached hydrogen (secondary N) is 1. The number of hydrogen-bond acceptors (Lipinski definition) is 4. The van der Waals surface area contributed by atoms with Crippen LogP contribution in [-0.4, -0.2) is 29.0 Å². The molecule has 2 aromatic rings. The molecule has 0 radical (unpaired) electrons. The van der Waals surface area contributed by atoms with Crippen LogP contribution in [0.25, 0.3) is 0 Å². The van der Waals surface area contributed by atoms with Gasteiger partial charge in [0.25, 0.3) is 10.0 Å². The number of aromatic carboxylic acids is 1. The highest BCUT2D eigenvalue weighted by atomic mass is 35.5. The molecule has 0 amide bonds. The molecule has 2 N–H and O–H groups in total. The third-order valence-corrected chi connectivity index (χ3v) is 4.19. The number of anilines is 1. The van der Waals surface area contributed by atoms with Gasteiger partial charge in [-0.3, -0.25) is 4.72 Å². The first-order valence-corrected chi connectivity index (χ1v) is 7.77. The fraction of sp³-hybridized carbons (Fsp3) is 0.167. The lowest BCUT2D eigenvalue weighted by molar-refractivity contribution is 0.0698. The maximum Gasteiger partial charge on any atom is 0.337 e. The Morgan fingerprint density at radius 3 is 2.76 bits per heavy atom. The molecule has 0 saturated carbocycles. The summed E-state index contributed by atoms with van der Waals surface area (Å²) >= 11 is 5.78. The molecular formula is C12H12ClN3O4S. The molecule has 9 heteroatoms. The van der Waals surface area contributed by atoms with Crippen LogP contribution in [0.2, 0.25) is 5.02 Å². The summed E-state index contributed by atoms with van der Waals surface area (Å²) in [5, 5.41) is 9.09. The van der Waals surface area contributed by atoms with E-state index in [1.807, 2.05) is 6.92 Å². The van der Waals surface area contributed by atoms with Crippen LogP contribution < -0.4 is 4.72 Å². The van der Waals surface area contributed by atoms with Crippen LogP contribution in [0.3, 0.4) is 0 Å². The summed E-state index contributed by atoms with van der Waals surface area (Å²) in [7, 11) is -3.98. The average molecular weight is 330 g/mol. The van der Waals surface area contributed by atoms with E-state index in [9.17, 15) is 13.2 Å². The van der Waals surface area contributed by atoms with Crippen molar-refractivity contribution in [2.75, 3.05) is 4.72 Å². The fourth-order valence-electron chi connectivity index (χ4n) is 1.64. The van der Waals surface area contributed by atoms with Crippen LogP contribution in [0.5, 0.6) is 0 Å². The van der Waals surface area contributed by atoms with Crippen molar-refractivity contribution >= 4 is 33.3 Å². The highest BCUT2D eigenvalue weighted by Gasteiger charge is 2.21. The molecule has 0 aliphatic heterocycles. The number of aryl methyl sites for hydroxylation is 1. The summed E-state index contributed by atoms with van der Waals surface area (Å²) in [5.74, 6) is -1.26. The predicted molar refractivity (Wildman–Crippen MR) is 77.1 cm³/mol. The van der Waals surface area contributed by atoms with Crippen molar-refractivity contribution in [3.05, 3.63) is 41.3 Å². The lowest BCUT2D eigenvalue weighted by Crippen LogP contribution is -2.16. The van der Waals surface area contributed by atoms with Gasteiger partial charge >= 0.3 is 5.97 Å². The Kier molecular flexibility index (Phi) is 4.19. The Bertz CT molecular complexity index is 786. The first-order chi connectivity index (χ1) is 9.83. The highest BCUT2D eigenvalue weighted by molar-refractivity contribution is 7.92. The van der Waals surface area contributed by atoms with E-state index in [1.54, 1.807) is 4.57 Å². The molecule has 0 saturated heterocycles. The zero-order valence-corrected chi connectivity index (χ0v) is 12.5. The molecule has 112 valence electrons. The molecule has 1 aromatic carbocycles. The largest absolute Gasteiger partial charge is 0.478 e. The number of nitrogens with zero attached hydrogens (tertiary/aromatic N) is 2. The van der Waals surface area contributed by atoms with Crippen LogP contribution in [0.1, 0.15) is 17.3 Å². The zero-order chi connectivity index (χ0) is 15.6. The summed E-state index contributed by atoms with van der Waals surface area (Å²) in [6.07, 6.45) is 2.73. The summed E-state index contributed by atoms with van der Waals surface area (Å²) in [6, 6.07) is 3.83. The first kappa shape index (κ1) is 15.3. The van der Waals surface area contributed by atoms with E-state index in [2.05, 4.69) is 9.71 Å². The Morgan fingerprint density at radius 1 is 1.48 bits per heavy atom. The normalized spacial score (nSPS) is 11.3. The third-order valence-electron chi connectivity index (χ3n) is 2.71. The number of rotatable bonds is 5. The second-order valence-electron chi connectivity index (χ2n) is 4.14. The molecule has 0 unspecified atom stereocenters. The Balaban J connectivity index is 2.41. The molecule has 0 aliphatic rings. The minimum absolute atomic E-state index is 0.110. The summed E-state index contributed by atoms with van der Waals surface area (Å²) < 4.78 is 28.2. The maximum atomic E-state index is 12.2. The number of carboxylic acids is 1. The molecule has 1 heterocycles. The Hall–Kier alpha value is -2.06. The second kappa shape index (κ2) is 5.74. The van der Waals surface area contributed by atoms with E-state index in [4.69, 9.17) is 16.7 Å². The van der Waals surface area contributed by atoms with Crippen LogP contribution in [0.15, 0.2) is 35.7 Å². The van der Waals surface area contributed by atoms with Gasteiger partial charge in [0.05, 0.1) is 17.6 Å². The molecule has 2 rings (SSSR count). The SMILES string of the molecule is CCn1cnc(S(=O)(=O)Nc2cc(Cl)ccc2C(=O)O)c1. The molecule has 1 aromatic heterocycles. The maximum absolute atomic E-state index is 12.2. The molecule has 7 nitrogen and oxygen atoms in total. The topological polar surface area (TPSA) is 101 Å². The summed E-state index contributed by atoms with van der Waals surface area (Å²) in [4.78, 5) is 14.9. The minimum atomic E-state index is -3.98. The van der Waals surface area contributed by atoms with Crippen molar-refractivity contribution in [2.24, 2.45) is 0 Å². The predicted octanol–water partition coefficient (Wildman–Crippen LogP) is 2.06. The van der Waals surface area contributed by atoms with E-state index in [-0.39, 0.29) is 21.3 Å².